The highest BCUT2D eigenvalue weighted by Gasteiger charge is 2.21. The molecular weight excluding hydrogens is 356 g/mol. The van der Waals surface area contributed by atoms with Crippen LogP contribution in [0.2, 0.25) is 0 Å². The molecule has 0 saturated carbocycles. The van der Waals surface area contributed by atoms with E-state index in [1.54, 1.807) is 0 Å². The quantitative estimate of drug-likeness (QED) is 0.694. The zero-order valence-corrected chi connectivity index (χ0v) is 16.5. The lowest BCUT2D eigenvalue weighted by Crippen LogP contribution is -2.41. The van der Waals surface area contributed by atoms with E-state index < -0.39 is 10.0 Å². The van der Waals surface area contributed by atoms with Crippen LogP contribution in [0.15, 0.2) is 24.3 Å². The van der Waals surface area contributed by atoms with Gasteiger partial charge in [-0.2, -0.15) is 4.31 Å². The van der Waals surface area contributed by atoms with Gasteiger partial charge in [0.2, 0.25) is 15.9 Å². The van der Waals surface area contributed by atoms with Crippen molar-refractivity contribution in [2.24, 2.45) is 0 Å². The van der Waals surface area contributed by atoms with E-state index in [1.165, 1.54) is 4.31 Å². The summed E-state index contributed by atoms with van der Waals surface area (Å²) in [5.41, 5.74) is 1.60. The molecule has 146 valence electrons. The minimum absolute atomic E-state index is 0.204. The van der Waals surface area contributed by atoms with Crippen molar-refractivity contribution < 1.29 is 17.9 Å². The fraction of sp³-hybridized carbons (Fsp3) is 0.588. The summed E-state index contributed by atoms with van der Waals surface area (Å²) in [4.78, 5) is 16.5. The number of amides is 1. The molecule has 0 aliphatic carbocycles. The summed E-state index contributed by atoms with van der Waals surface area (Å²) in [6.07, 6.45) is 1.12. The molecule has 1 aromatic rings. The Balaban J connectivity index is 2.06. The lowest BCUT2D eigenvalue weighted by Gasteiger charge is -2.30. The van der Waals surface area contributed by atoms with E-state index in [2.05, 4.69) is 10.2 Å². The number of sulfonamides is 1. The van der Waals surface area contributed by atoms with Gasteiger partial charge in [-0.1, -0.05) is 12.1 Å². The van der Waals surface area contributed by atoms with Crippen LogP contribution in [0.3, 0.4) is 0 Å². The standard InChI is InChI=1S/C17H28N4O4S/c1-19(2)8-9-21(26(3,23)24)14-17(22)18-15-6-4-5-7-16(15)20-10-12-25-13-11-20/h4-7H,8-14H2,1-3H3,(H,18,22). The Kier molecular flexibility index (Phi) is 7.39. The van der Waals surface area contributed by atoms with Gasteiger partial charge < -0.3 is 19.9 Å². The number of morpholine rings is 1. The lowest BCUT2D eigenvalue weighted by atomic mass is 10.2. The first-order valence-corrected chi connectivity index (χ1v) is 10.4. The fourth-order valence-electron chi connectivity index (χ4n) is 2.68. The number of carbonyl (C=O) groups excluding carboxylic acids is 1. The Labute approximate surface area is 155 Å². The van der Waals surface area contributed by atoms with Crippen LogP contribution >= 0.6 is 0 Å². The second-order valence-electron chi connectivity index (χ2n) is 6.56. The lowest BCUT2D eigenvalue weighted by molar-refractivity contribution is -0.116. The number of nitrogens with zero attached hydrogens (tertiary/aromatic N) is 3. The fourth-order valence-corrected chi connectivity index (χ4v) is 3.45. The summed E-state index contributed by atoms with van der Waals surface area (Å²) in [6, 6.07) is 7.54. The predicted molar refractivity (Wildman–Crippen MR) is 103 cm³/mol. The first-order chi connectivity index (χ1) is 12.3. The zero-order chi connectivity index (χ0) is 19.2. The summed E-state index contributed by atoms with van der Waals surface area (Å²) < 4.78 is 30.5. The summed E-state index contributed by atoms with van der Waals surface area (Å²) >= 11 is 0. The Morgan fingerprint density at radius 1 is 1.19 bits per heavy atom. The Bertz CT molecular complexity index is 702. The maximum atomic E-state index is 12.5. The average molecular weight is 385 g/mol. The highest BCUT2D eigenvalue weighted by molar-refractivity contribution is 7.88. The third-order valence-electron chi connectivity index (χ3n) is 4.12. The molecule has 1 aliphatic heterocycles. The number of hydrogen-bond acceptors (Lipinski definition) is 6. The Hall–Kier alpha value is -1.68. The highest BCUT2D eigenvalue weighted by atomic mass is 32.2. The molecule has 1 aromatic carbocycles. The van der Waals surface area contributed by atoms with E-state index in [1.807, 2.05) is 43.3 Å². The maximum Gasteiger partial charge on any atom is 0.239 e. The highest BCUT2D eigenvalue weighted by Crippen LogP contribution is 2.26. The van der Waals surface area contributed by atoms with Crippen LogP contribution in [0, 0.1) is 0 Å². The van der Waals surface area contributed by atoms with E-state index in [9.17, 15) is 13.2 Å². The number of rotatable bonds is 8. The van der Waals surface area contributed by atoms with Gasteiger partial charge in [-0.25, -0.2) is 8.42 Å². The van der Waals surface area contributed by atoms with Crippen LogP contribution in [0.4, 0.5) is 11.4 Å². The van der Waals surface area contributed by atoms with Gasteiger partial charge in [0.05, 0.1) is 37.4 Å². The van der Waals surface area contributed by atoms with Gasteiger partial charge in [-0.3, -0.25) is 4.79 Å². The molecule has 26 heavy (non-hydrogen) atoms. The van der Waals surface area contributed by atoms with E-state index in [4.69, 9.17) is 4.74 Å². The molecule has 0 atom stereocenters. The third-order valence-corrected chi connectivity index (χ3v) is 5.37. The minimum atomic E-state index is -3.46. The molecule has 1 aliphatic rings. The Morgan fingerprint density at radius 3 is 2.46 bits per heavy atom. The largest absolute Gasteiger partial charge is 0.378 e. The number of likely N-dealkylation sites (N-methyl/N-ethyl adjacent to an activating group) is 1. The van der Waals surface area contributed by atoms with Gasteiger partial charge in [0, 0.05) is 26.2 Å². The van der Waals surface area contributed by atoms with Gasteiger partial charge in [0.1, 0.15) is 0 Å². The molecule has 2 rings (SSSR count). The molecule has 1 amide bonds. The summed E-state index contributed by atoms with van der Waals surface area (Å²) in [7, 11) is 0.261. The number of benzene rings is 1. The molecule has 0 aromatic heterocycles. The molecule has 0 spiro atoms. The van der Waals surface area contributed by atoms with Gasteiger partial charge in [0.25, 0.3) is 0 Å². The maximum absolute atomic E-state index is 12.5. The van der Waals surface area contributed by atoms with Gasteiger partial charge >= 0.3 is 0 Å². The normalized spacial score (nSPS) is 15.5. The molecular formula is C17H28N4O4S. The molecule has 0 radical (unpaired) electrons. The monoisotopic (exact) mass is 384 g/mol. The average Bonchev–Trinajstić information content (AvgIpc) is 2.58. The molecule has 8 nitrogen and oxygen atoms in total. The van der Waals surface area contributed by atoms with Crippen molar-refractivity contribution >= 4 is 27.3 Å². The van der Waals surface area contributed by atoms with Crippen molar-refractivity contribution in [1.82, 2.24) is 9.21 Å². The molecule has 0 bridgehead atoms. The Morgan fingerprint density at radius 2 is 1.85 bits per heavy atom. The second-order valence-corrected chi connectivity index (χ2v) is 8.55. The van der Waals surface area contributed by atoms with Crippen molar-refractivity contribution in [3.8, 4) is 0 Å². The predicted octanol–water partition coefficient (Wildman–Crippen LogP) is 0.285. The van der Waals surface area contributed by atoms with E-state index in [-0.39, 0.29) is 19.0 Å². The first kappa shape index (κ1) is 20.6. The van der Waals surface area contributed by atoms with Crippen LogP contribution in [-0.4, -0.2) is 89.8 Å². The van der Waals surface area contributed by atoms with Crippen molar-refractivity contribution in [3.63, 3.8) is 0 Å². The van der Waals surface area contributed by atoms with Crippen molar-refractivity contribution in [3.05, 3.63) is 24.3 Å². The van der Waals surface area contributed by atoms with Gasteiger partial charge in [-0.15, -0.1) is 0 Å². The summed E-state index contributed by atoms with van der Waals surface area (Å²) in [6.45, 7) is 3.42. The molecule has 1 N–H and O–H groups in total. The van der Waals surface area contributed by atoms with Crippen LogP contribution < -0.4 is 10.2 Å². The minimum Gasteiger partial charge on any atom is -0.378 e. The number of hydrogen-bond donors (Lipinski definition) is 1. The van der Waals surface area contributed by atoms with E-state index in [0.29, 0.717) is 25.4 Å². The summed E-state index contributed by atoms with van der Waals surface area (Å²) in [5.74, 6) is -0.352. The van der Waals surface area contributed by atoms with E-state index >= 15 is 0 Å². The van der Waals surface area contributed by atoms with Gasteiger partial charge in [-0.05, 0) is 26.2 Å². The SMILES string of the molecule is CN(C)CCN(CC(=O)Nc1ccccc1N1CCOCC1)S(C)(=O)=O. The zero-order valence-electron chi connectivity index (χ0n) is 15.6. The van der Waals surface area contributed by atoms with Crippen molar-refractivity contribution in [2.45, 2.75) is 0 Å². The molecule has 1 saturated heterocycles. The number of ether oxygens (including phenoxy) is 1. The van der Waals surface area contributed by atoms with Crippen LogP contribution in [0.1, 0.15) is 0 Å². The number of carbonyl (C=O) groups is 1. The number of nitrogens with one attached hydrogen (secondary N) is 1. The van der Waals surface area contributed by atoms with E-state index in [0.717, 1.165) is 25.0 Å². The molecule has 9 heteroatoms. The van der Waals surface area contributed by atoms with Crippen LogP contribution in [-0.2, 0) is 19.6 Å². The smallest absolute Gasteiger partial charge is 0.239 e. The topological polar surface area (TPSA) is 82.2 Å². The van der Waals surface area contributed by atoms with Crippen molar-refractivity contribution in [2.75, 3.05) is 76.5 Å². The molecule has 0 unspecified atom stereocenters. The van der Waals surface area contributed by atoms with Crippen LogP contribution in [0.25, 0.3) is 0 Å². The summed E-state index contributed by atoms with van der Waals surface area (Å²) in [5, 5.41) is 2.86. The molecule has 1 fully saturated rings. The molecule has 1 heterocycles. The van der Waals surface area contributed by atoms with Crippen molar-refractivity contribution in [1.29, 1.82) is 0 Å². The first-order valence-electron chi connectivity index (χ1n) is 8.59. The number of anilines is 2. The second kappa shape index (κ2) is 9.31. The van der Waals surface area contributed by atoms with Crippen LogP contribution in [0.5, 0.6) is 0 Å². The number of para-hydroxylation sites is 2. The third kappa shape index (κ3) is 6.24. The van der Waals surface area contributed by atoms with Gasteiger partial charge in [0.15, 0.2) is 0 Å².